The number of piperidine rings is 1. The van der Waals surface area contributed by atoms with Gasteiger partial charge < -0.3 is 10.1 Å². The lowest BCUT2D eigenvalue weighted by atomic mass is 9.96. The van der Waals surface area contributed by atoms with Crippen LogP contribution in [0.2, 0.25) is 10.0 Å². The van der Waals surface area contributed by atoms with E-state index in [2.05, 4.69) is 10.2 Å². The van der Waals surface area contributed by atoms with E-state index in [1.807, 2.05) is 56.3 Å². The SMILES string of the molecule is CC(C)Oc1cccc(NC(=O)C2CCCN(Cc3ccc(Cl)c(Cl)c3)C2)c1. The summed E-state index contributed by atoms with van der Waals surface area (Å²) in [6.07, 6.45) is 1.99. The number of hydrogen-bond donors (Lipinski definition) is 1. The monoisotopic (exact) mass is 420 g/mol. The summed E-state index contributed by atoms with van der Waals surface area (Å²) in [5.74, 6) is 0.782. The summed E-state index contributed by atoms with van der Waals surface area (Å²) in [5, 5.41) is 4.17. The van der Waals surface area contributed by atoms with Crippen LogP contribution in [0.15, 0.2) is 42.5 Å². The van der Waals surface area contributed by atoms with Crippen molar-refractivity contribution in [2.75, 3.05) is 18.4 Å². The Balaban J connectivity index is 1.59. The molecule has 1 aliphatic heterocycles. The Bertz CT molecular complexity index is 826. The predicted molar refractivity (Wildman–Crippen MR) is 115 cm³/mol. The Kier molecular flexibility index (Phi) is 7.22. The van der Waals surface area contributed by atoms with Crippen molar-refractivity contribution in [2.24, 2.45) is 5.92 Å². The molecule has 0 aliphatic carbocycles. The normalized spacial score (nSPS) is 17.5. The minimum atomic E-state index is -0.0359. The second-order valence-corrected chi connectivity index (χ2v) is 8.32. The first-order valence-corrected chi connectivity index (χ1v) is 10.4. The molecule has 1 aliphatic rings. The third kappa shape index (κ3) is 5.87. The van der Waals surface area contributed by atoms with Gasteiger partial charge in [0.15, 0.2) is 0 Å². The first kappa shape index (κ1) is 21.0. The lowest BCUT2D eigenvalue weighted by Crippen LogP contribution is -2.40. The van der Waals surface area contributed by atoms with Gasteiger partial charge in [-0.15, -0.1) is 0 Å². The smallest absolute Gasteiger partial charge is 0.228 e. The maximum Gasteiger partial charge on any atom is 0.228 e. The number of rotatable bonds is 6. The zero-order chi connectivity index (χ0) is 20.1. The van der Waals surface area contributed by atoms with Gasteiger partial charge in [-0.3, -0.25) is 9.69 Å². The average molecular weight is 421 g/mol. The van der Waals surface area contributed by atoms with Gasteiger partial charge in [0.25, 0.3) is 0 Å². The van der Waals surface area contributed by atoms with Gasteiger partial charge in [0.2, 0.25) is 5.91 Å². The number of halogens is 2. The van der Waals surface area contributed by atoms with E-state index < -0.39 is 0 Å². The third-order valence-electron chi connectivity index (χ3n) is 4.74. The van der Waals surface area contributed by atoms with E-state index in [1.165, 1.54) is 0 Å². The molecule has 28 heavy (non-hydrogen) atoms. The molecule has 0 bridgehead atoms. The number of amides is 1. The third-order valence-corrected chi connectivity index (χ3v) is 5.48. The predicted octanol–water partition coefficient (Wildman–Crippen LogP) is 5.63. The molecule has 2 aromatic carbocycles. The number of likely N-dealkylation sites (tertiary alicyclic amines) is 1. The first-order chi connectivity index (χ1) is 13.4. The number of nitrogens with zero attached hydrogens (tertiary/aromatic N) is 1. The van der Waals surface area contributed by atoms with Gasteiger partial charge in [-0.2, -0.15) is 0 Å². The molecule has 1 heterocycles. The van der Waals surface area contributed by atoms with Crippen molar-refractivity contribution in [1.82, 2.24) is 4.90 Å². The molecule has 150 valence electrons. The summed E-state index contributed by atoms with van der Waals surface area (Å²) < 4.78 is 5.70. The molecule has 0 radical (unpaired) electrons. The number of ether oxygens (including phenoxy) is 1. The highest BCUT2D eigenvalue weighted by atomic mass is 35.5. The number of carbonyl (C=O) groups is 1. The Hall–Kier alpha value is -1.75. The number of nitrogens with one attached hydrogen (secondary N) is 1. The topological polar surface area (TPSA) is 41.6 Å². The molecular formula is C22H26Cl2N2O2. The van der Waals surface area contributed by atoms with Crippen molar-refractivity contribution >= 4 is 34.8 Å². The first-order valence-electron chi connectivity index (χ1n) is 9.64. The molecule has 0 saturated carbocycles. The quantitative estimate of drug-likeness (QED) is 0.657. The highest BCUT2D eigenvalue weighted by Gasteiger charge is 2.26. The van der Waals surface area contributed by atoms with Crippen LogP contribution >= 0.6 is 23.2 Å². The Morgan fingerprint density at radius 1 is 1.21 bits per heavy atom. The largest absolute Gasteiger partial charge is 0.491 e. The van der Waals surface area contributed by atoms with E-state index in [9.17, 15) is 4.79 Å². The van der Waals surface area contributed by atoms with Crippen LogP contribution in [-0.4, -0.2) is 30.0 Å². The van der Waals surface area contributed by atoms with Gasteiger partial charge in [-0.1, -0.05) is 35.3 Å². The molecule has 1 amide bonds. The Morgan fingerprint density at radius 3 is 2.79 bits per heavy atom. The maximum absolute atomic E-state index is 12.8. The van der Waals surface area contributed by atoms with E-state index in [0.29, 0.717) is 10.0 Å². The minimum Gasteiger partial charge on any atom is -0.491 e. The molecule has 0 spiro atoms. The fourth-order valence-electron chi connectivity index (χ4n) is 3.47. The van der Waals surface area contributed by atoms with Gasteiger partial charge in [-0.25, -0.2) is 0 Å². The van der Waals surface area contributed by atoms with Crippen molar-refractivity contribution in [3.8, 4) is 5.75 Å². The number of carbonyl (C=O) groups excluding carboxylic acids is 1. The lowest BCUT2D eigenvalue weighted by molar-refractivity contribution is -0.121. The van der Waals surface area contributed by atoms with E-state index in [-0.39, 0.29) is 17.9 Å². The van der Waals surface area contributed by atoms with Crippen molar-refractivity contribution in [1.29, 1.82) is 0 Å². The standard InChI is InChI=1S/C22H26Cl2N2O2/c1-15(2)28-19-7-3-6-18(12-19)25-22(27)17-5-4-10-26(14-17)13-16-8-9-20(23)21(24)11-16/h3,6-9,11-12,15,17H,4-5,10,13-14H2,1-2H3,(H,25,27). The highest BCUT2D eigenvalue weighted by molar-refractivity contribution is 6.42. The van der Waals surface area contributed by atoms with Gasteiger partial charge >= 0.3 is 0 Å². The number of anilines is 1. The molecule has 1 unspecified atom stereocenters. The Labute approximate surface area is 176 Å². The number of hydrogen-bond acceptors (Lipinski definition) is 3. The van der Waals surface area contributed by atoms with Crippen LogP contribution in [-0.2, 0) is 11.3 Å². The average Bonchev–Trinajstić information content (AvgIpc) is 2.65. The van der Waals surface area contributed by atoms with Crippen molar-refractivity contribution in [3.05, 3.63) is 58.1 Å². The molecule has 1 atom stereocenters. The molecule has 4 nitrogen and oxygen atoms in total. The summed E-state index contributed by atoms with van der Waals surface area (Å²) in [6, 6.07) is 13.3. The van der Waals surface area contributed by atoms with E-state index >= 15 is 0 Å². The molecule has 1 saturated heterocycles. The lowest BCUT2D eigenvalue weighted by Gasteiger charge is -2.32. The van der Waals surface area contributed by atoms with Crippen LogP contribution in [0, 0.1) is 5.92 Å². The van der Waals surface area contributed by atoms with Crippen molar-refractivity contribution < 1.29 is 9.53 Å². The van der Waals surface area contributed by atoms with Crippen LogP contribution in [0.5, 0.6) is 5.75 Å². The summed E-state index contributed by atoms with van der Waals surface area (Å²) >= 11 is 12.1. The Morgan fingerprint density at radius 2 is 2.04 bits per heavy atom. The summed E-state index contributed by atoms with van der Waals surface area (Å²) in [7, 11) is 0. The van der Waals surface area contributed by atoms with E-state index in [0.717, 1.165) is 49.5 Å². The van der Waals surface area contributed by atoms with Crippen LogP contribution < -0.4 is 10.1 Å². The van der Waals surface area contributed by atoms with Crippen molar-refractivity contribution in [3.63, 3.8) is 0 Å². The van der Waals surface area contributed by atoms with Gasteiger partial charge in [-0.05, 0) is 63.1 Å². The van der Waals surface area contributed by atoms with E-state index in [4.69, 9.17) is 27.9 Å². The van der Waals surface area contributed by atoms with Gasteiger partial charge in [0.05, 0.1) is 22.1 Å². The fourth-order valence-corrected chi connectivity index (χ4v) is 3.79. The molecule has 0 aromatic heterocycles. The zero-order valence-corrected chi connectivity index (χ0v) is 17.8. The van der Waals surface area contributed by atoms with Gasteiger partial charge in [0.1, 0.15) is 5.75 Å². The molecule has 1 fully saturated rings. The molecule has 6 heteroatoms. The van der Waals surface area contributed by atoms with Crippen LogP contribution in [0.3, 0.4) is 0 Å². The van der Waals surface area contributed by atoms with Crippen LogP contribution in [0.4, 0.5) is 5.69 Å². The highest BCUT2D eigenvalue weighted by Crippen LogP contribution is 2.26. The summed E-state index contributed by atoms with van der Waals surface area (Å²) in [5.41, 5.74) is 1.87. The van der Waals surface area contributed by atoms with Gasteiger partial charge in [0, 0.05) is 24.8 Å². The maximum atomic E-state index is 12.8. The van der Waals surface area contributed by atoms with E-state index in [1.54, 1.807) is 0 Å². The second-order valence-electron chi connectivity index (χ2n) is 7.51. The zero-order valence-electron chi connectivity index (χ0n) is 16.3. The molecule has 3 rings (SSSR count). The van der Waals surface area contributed by atoms with Crippen LogP contribution in [0.25, 0.3) is 0 Å². The summed E-state index contributed by atoms with van der Waals surface area (Å²) in [4.78, 5) is 15.1. The van der Waals surface area contributed by atoms with Crippen molar-refractivity contribution in [2.45, 2.75) is 39.3 Å². The molecular weight excluding hydrogens is 395 g/mol. The molecule has 1 N–H and O–H groups in total. The minimum absolute atomic E-state index is 0.0359. The second kappa shape index (κ2) is 9.64. The van der Waals surface area contributed by atoms with Crippen LogP contribution in [0.1, 0.15) is 32.3 Å². The molecule has 2 aromatic rings. The number of benzene rings is 2. The summed E-state index contributed by atoms with van der Waals surface area (Å²) in [6.45, 7) is 6.43. The fraction of sp³-hybridized carbons (Fsp3) is 0.409.